The Morgan fingerprint density at radius 2 is 2.10 bits per heavy atom. The summed E-state index contributed by atoms with van der Waals surface area (Å²) in [6, 6.07) is -0.530. The lowest BCUT2D eigenvalue weighted by molar-refractivity contribution is -0.137. The number of rotatable bonds is 3. The summed E-state index contributed by atoms with van der Waals surface area (Å²) in [5, 5.41) is 0. The van der Waals surface area contributed by atoms with Crippen LogP contribution < -0.4 is 5.73 Å². The summed E-state index contributed by atoms with van der Waals surface area (Å²) in [6.07, 6.45) is 0.705. The van der Waals surface area contributed by atoms with Crippen molar-refractivity contribution in [2.75, 3.05) is 26.4 Å². The van der Waals surface area contributed by atoms with Crippen molar-refractivity contribution in [2.24, 2.45) is 5.73 Å². The molecule has 21 heavy (non-hydrogen) atoms. The van der Waals surface area contributed by atoms with E-state index in [1.165, 1.54) is 11.0 Å². The molecule has 1 amide bonds. The van der Waals surface area contributed by atoms with E-state index in [0.717, 1.165) is 0 Å². The number of hydrogen-bond acceptors (Lipinski definition) is 6. The molecule has 0 bridgehead atoms. The minimum atomic E-state index is -0.598. The number of nitrogens with zero attached hydrogens (tertiary/aromatic N) is 1. The van der Waals surface area contributed by atoms with Gasteiger partial charge in [0.25, 0.3) is 0 Å². The van der Waals surface area contributed by atoms with Gasteiger partial charge in [0.15, 0.2) is 0 Å². The average Bonchev–Trinajstić information content (AvgIpc) is 2.36. The number of carbonyl (C=O) groups is 2. The molecule has 2 N–H and O–H groups in total. The molecule has 1 saturated heterocycles. The molecule has 0 aromatic carbocycles. The normalized spacial score (nSPS) is 20.1. The molecular formula is C14H24N2O5. The van der Waals surface area contributed by atoms with Crippen LogP contribution in [0.25, 0.3) is 0 Å². The molecule has 0 aromatic heterocycles. The van der Waals surface area contributed by atoms with E-state index < -0.39 is 23.7 Å². The van der Waals surface area contributed by atoms with Crippen molar-refractivity contribution in [3.05, 3.63) is 11.8 Å². The highest BCUT2D eigenvalue weighted by Gasteiger charge is 2.32. The smallest absolute Gasteiger partial charge is 0.411 e. The minimum Gasteiger partial charge on any atom is -0.463 e. The average molecular weight is 300 g/mol. The highest BCUT2D eigenvalue weighted by atomic mass is 16.6. The number of carbonyl (C=O) groups excluding carboxylic acids is 2. The third kappa shape index (κ3) is 5.63. The monoisotopic (exact) mass is 300 g/mol. The maximum Gasteiger partial charge on any atom is 0.411 e. The van der Waals surface area contributed by atoms with Crippen LogP contribution in [0.1, 0.15) is 27.7 Å². The number of nitrogens with two attached hydrogens (primary N) is 1. The van der Waals surface area contributed by atoms with Crippen LogP contribution in [0.15, 0.2) is 11.8 Å². The van der Waals surface area contributed by atoms with E-state index in [0.29, 0.717) is 13.2 Å². The standard InChI is InChI=1S/C14H24N2O5/c1-5-20-12(17)8-10(15)11-9-19-7-6-16(11)13(18)21-14(2,3)4/h8,11H,5-7,9,15H2,1-4H3/b10-8-/t11-/m0/s1. The van der Waals surface area contributed by atoms with Crippen LogP contribution >= 0.6 is 0 Å². The molecule has 0 radical (unpaired) electrons. The summed E-state index contributed by atoms with van der Waals surface area (Å²) in [7, 11) is 0. The molecule has 0 spiro atoms. The first-order chi connectivity index (χ1) is 9.74. The van der Waals surface area contributed by atoms with E-state index in [1.807, 2.05) is 0 Å². The lowest BCUT2D eigenvalue weighted by Gasteiger charge is -2.36. The van der Waals surface area contributed by atoms with Crippen molar-refractivity contribution in [3.8, 4) is 0 Å². The van der Waals surface area contributed by atoms with Gasteiger partial charge in [-0.2, -0.15) is 0 Å². The van der Waals surface area contributed by atoms with Crippen molar-refractivity contribution < 1.29 is 23.8 Å². The molecular weight excluding hydrogens is 276 g/mol. The van der Waals surface area contributed by atoms with E-state index in [2.05, 4.69) is 0 Å². The van der Waals surface area contributed by atoms with E-state index in [1.54, 1.807) is 27.7 Å². The topological polar surface area (TPSA) is 91.1 Å². The number of morpholine rings is 1. The second kappa shape index (κ2) is 7.31. The van der Waals surface area contributed by atoms with Crippen LogP contribution in [0.3, 0.4) is 0 Å². The van der Waals surface area contributed by atoms with Gasteiger partial charge < -0.3 is 19.9 Å². The van der Waals surface area contributed by atoms with Crippen LogP contribution in [0.5, 0.6) is 0 Å². The summed E-state index contributed by atoms with van der Waals surface area (Å²) in [5.41, 5.74) is 5.53. The third-order valence-electron chi connectivity index (χ3n) is 2.71. The molecule has 1 aliphatic rings. The first-order valence-electron chi connectivity index (χ1n) is 6.95. The van der Waals surface area contributed by atoms with Crippen molar-refractivity contribution in [1.29, 1.82) is 0 Å². The lowest BCUT2D eigenvalue weighted by Crippen LogP contribution is -2.52. The zero-order valence-electron chi connectivity index (χ0n) is 13.0. The molecule has 1 heterocycles. The largest absolute Gasteiger partial charge is 0.463 e. The van der Waals surface area contributed by atoms with E-state index >= 15 is 0 Å². The number of amides is 1. The van der Waals surface area contributed by atoms with E-state index in [9.17, 15) is 9.59 Å². The molecule has 1 aliphatic heterocycles. The molecule has 1 fully saturated rings. The van der Waals surface area contributed by atoms with Gasteiger partial charge in [-0.05, 0) is 27.7 Å². The van der Waals surface area contributed by atoms with Gasteiger partial charge in [0.1, 0.15) is 5.60 Å². The Hall–Kier alpha value is -1.76. The Morgan fingerprint density at radius 3 is 2.67 bits per heavy atom. The van der Waals surface area contributed by atoms with Crippen molar-refractivity contribution in [2.45, 2.75) is 39.3 Å². The Bertz CT molecular complexity index is 414. The fraction of sp³-hybridized carbons (Fsp3) is 0.714. The summed E-state index contributed by atoms with van der Waals surface area (Å²) in [4.78, 5) is 25.1. The quantitative estimate of drug-likeness (QED) is 0.618. The Morgan fingerprint density at radius 1 is 1.43 bits per heavy atom. The molecule has 1 rings (SSSR count). The molecule has 7 heteroatoms. The summed E-state index contributed by atoms with van der Waals surface area (Å²) in [6.45, 7) is 8.33. The van der Waals surface area contributed by atoms with Gasteiger partial charge in [0.05, 0.1) is 25.9 Å². The molecule has 0 aromatic rings. The number of hydrogen-bond donors (Lipinski definition) is 1. The number of esters is 1. The third-order valence-corrected chi connectivity index (χ3v) is 2.71. The summed E-state index contributed by atoms with van der Waals surface area (Å²) < 4.78 is 15.5. The van der Waals surface area contributed by atoms with Crippen molar-refractivity contribution >= 4 is 12.1 Å². The molecule has 0 aliphatic carbocycles. The SMILES string of the molecule is CCOC(=O)/C=C(\N)[C@@H]1COCCN1C(=O)OC(C)(C)C. The van der Waals surface area contributed by atoms with Gasteiger partial charge in [0, 0.05) is 18.3 Å². The maximum atomic E-state index is 12.2. The van der Waals surface area contributed by atoms with E-state index in [4.69, 9.17) is 19.9 Å². The predicted molar refractivity (Wildman–Crippen MR) is 76.5 cm³/mol. The molecule has 1 atom stereocenters. The van der Waals surface area contributed by atoms with Crippen LogP contribution in [0, 0.1) is 0 Å². The Balaban J connectivity index is 2.81. The van der Waals surface area contributed by atoms with Crippen LogP contribution in [-0.4, -0.2) is 55.0 Å². The van der Waals surface area contributed by atoms with Gasteiger partial charge in [0.2, 0.25) is 0 Å². The van der Waals surface area contributed by atoms with Crippen LogP contribution in [0.2, 0.25) is 0 Å². The zero-order valence-corrected chi connectivity index (χ0v) is 13.0. The number of ether oxygens (including phenoxy) is 3. The first-order valence-corrected chi connectivity index (χ1v) is 6.95. The second-order valence-corrected chi connectivity index (χ2v) is 5.66. The highest BCUT2D eigenvalue weighted by Crippen LogP contribution is 2.17. The molecule has 7 nitrogen and oxygen atoms in total. The van der Waals surface area contributed by atoms with Crippen molar-refractivity contribution in [1.82, 2.24) is 4.90 Å². The van der Waals surface area contributed by atoms with Gasteiger partial charge in [-0.15, -0.1) is 0 Å². The lowest BCUT2D eigenvalue weighted by atomic mass is 10.1. The van der Waals surface area contributed by atoms with Gasteiger partial charge in [-0.1, -0.05) is 0 Å². The summed E-state index contributed by atoms with van der Waals surface area (Å²) in [5.74, 6) is -0.537. The van der Waals surface area contributed by atoms with Crippen LogP contribution in [0.4, 0.5) is 4.79 Å². The Labute approximate surface area is 125 Å². The van der Waals surface area contributed by atoms with Gasteiger partial charge in [-0.3, -0.25) is 4.90 Å². The molecule has 0 unspecified atom stereocenters. The zero-order chi connectivity index (χ0) is 16.0. The van der Waals surface area contributed by atoms with Crippen LogP contribution in [-0.2, 0) is 19.0 Å². The molecule has 0 saturated carbocycles. The van der Waals surface area contributed by atoms with E-state index in [-0.39, 0.29) is 18.9 Å². The predicted octanol–water partition coefficient (Wildman–Crippen LogP) is 1.03. The molecule has 120 valence electrons. The first kappa shape index (κ1) is 17.3. The highest BCUT2D eigenvalue weighted by molar-refractivity contribution is 5.83. The van der Waals surface area contributed by atoms with Gasteiger partial charge >= 0.3 is 12.1 Å². The van der Waals surface area contributed by atoms with Gasteiger partial charge in [-0.25, -0.2) is 9.59 Å². The second-order valence-electron chi connectivity index (χ2n) is 5.66. The van der Waals surface area contributed by atoms with Crippen molar-refractivity contribution in [3.63, 3.8) is 0 Å². The summed E-state index contributed by atoms with van der Waals surface area (Å²) >= 11 is 0. The maximum absolute atomic E-state index is 12.2. The minimum absolute atomic E-state index is 0.221. The Kier molecular flexibility index (Phi) is 6.02. The fourth-order valence-electron chi connectivity index (χ4n) is 1.84. The fourth-order valence-corrected chi connectivity index (χ4v) is 1.84.